The second kappa shape index (κ2) is 7.25. The third-order valence-electron chi connectivity index (χ3n) is 4.02. The molecule has 1 amide bonds. The molecule has 25 heavy (non-hydrogen) atoms. The first-order chi connectivity index (χ1) is 12.0. The maximum absolute atomic E-state index is 12.8. The highest BCUT2D eigenvalue weighted by atomic mass is 35.5. The van der Waals surface area contributed by atoms with E-state index in [2.05, 4.69) is 5.32 Å². The zero-order chi connectivity index (χ0) is 18.0. The van der Waals surface area contributed by atoms with Crippen molar-refractivity contribution in [2.45, 2.75) is 19.5 Å². The molecule has 0 fully saturated rings. The number of anilines is 1. The van der Waals surface area contributed by atoms with Crippen LogP contribution in [-0.4, -0.2) is 34.5 Å². The van der Waals surface area contributed by atoms with Gasteiger partial charge in [0.2, 0.25) is 5.91 Å². The molecule has 2 aromatic carbocycles. The Kier molecular flexibility index (Phi) is 5.06. The highest BCUT2D eigenvalue weighted by Gasteiger charge is 2.22. The number of fused-ring (bicyclic) bond motifs is 1. The molecule has 1 aromatic heterocycles. The zero-order valence-electron chi connectivity index (χ0n) is 14.5. The lowest BCUT2D eigenvalue weighted by Crippen LogP contribution is -2.26. The molecule has 1 N–H and O–H groups in total. The van der Waals surface area contributed by atoms with Crippen molar-refractivity contribution in [1.82, 2.24) is 14.5 Å². The number of carbonyl (C=O) groups is 1. The SMILES string of the molecule is CC(C(=O)Nc1ccccc1Cl)n1c(CN(C)C)nc2ccccc21. The first kappa shape index (κ1) is 17.5. The van der Waals surface area contributed by atoms with Gasteiger partial charge in [0.1, 0.15) is 11.9 Å². The second-order valence-electron chi connectivity index (χ2n) is 6.27. The molecular formula is C19H21ClN4O. The van der Waals surface area contributed by atoms with Crippen LogP contribution in [0.3, 0.4) is 0 Å². The van der Waals surface area contributed by atoms with Gasteiger partial charge in [-0.2, -0.15) is 0 Å². The van der Waals surface area contributed by atoms with Crippen molar-refractivity contribution in [1.29, 1.82) is 0 Å². The van der Waals surface area contributed by atoms with E-state index in [0.717, 1.165) is 16.9 Å². The number of hydrogen-bond acceptors (Lipinski definition) is 3. The molecule has 0 spiro atoms. The van der Waals surface area contributed by atoms with Crippen LogP contribution in [0.1, 0.15) is 18.8 Å². The summed E-state index contributed by atoms with van der Waals surface area (Å²) in [7, 11) is 3.97. The fourth-order valence-corrected chi connectivity index (χ4v) is 3.02. The van der Waals surface area contributed by atoms with Crippen LogP contribution >= 0.6 is 11.6 Å². The van der Waals surface area contributed by atoms with Crippen molar-refractivity contribution >= 4 is 34.2 Å². The summed E-state index contributed by atoms with van der Waals surface area (Å²) in [4.78, 5) is 19.5. The van der Waals surface area contributed by atoms with Gasteiger partial charge in [-0.3, -0.25) is 4.79 Å². The Bertz CT molecular complexity index is 903. The summed E-state index contributed by atoms with van der Waals surface area (Å²) >= 11 is 6.15. The van der Waals surface area contributed by atoms with Gasteiger partial charge >= 0.3 is 0 Å². The van der Waals surface area contributed by atoms with Gasteiger partial charge in [0, 0.05) is 0 Å². The minimum Gasteiger partial charge on any atom is -0.323 e. The van der Waals surface area contributed by atoms with E-state index >= 15 is 0 Å². The van der Waals surface area contributed by atoms with Crippen LogP contribution in [0.4, 0.5) is 5.69 Å². The van der Waals surface area contributed by atoms with Crippen LogP contribution in [0.2, 0.25) is 5.02 Å². The number of carbonyl (C=O) groups excluding carboxylic acids is 1. The first-order valence-electron chi connectivity index (χ1n) is 8.13. The maximum atomic E-state index is 12.8. The number of halogens is 1. The van der Waals surface area contributed by atoms with E-state index in [1.807, 2.05) is 66.9 Å². The van der Waals surface area contributed by atoms with Gasteiger partial charge in [-0.05, 0) is 45.3 Å². The average Bonchev–Trinajstić information content (AvgIpc) is 2.93. The Morgan fingerprint density at radius 2 is 1.88 bits per heavy atom. The molecule has 3 aromatic rings. The molecular weight excluding hydrogens is 336 g/mol. The van der Waals surface area contributed by atoms with Crippen molar-refractivity contribution in [3.63, 3.8) is 0 Å². The van der Waals surface area contributed by atoms with E-state index < -0.39 is 6.04 Å². The van der Waals surface area contributed by atoms with Crippen molar-refractivity contribution in [3.05, 3.63) is 59.4 Å². The third kappa shape index (κ3) is 3.67. The quantitative estimate of drug-likeness (QED) is 0.753. The number of nitrogens with one attached hydrogen (secondary N) is 1. The minimum atomic E-state index is -0.418. The monoisotopic (exact) mass is 356 g/mol. The molecule has 1 atom stereocenters. The number of nitrogens with zero attached hydrogens (tertiary/aromatic N) is 3. The van der Waals surface area contributed by atoms with Crippen molar-refractivity contribution < 1.29 is 4.79 Å². The Morgan fingerprint density at radius 1 is 1.20 bits per heavy atom. The molecule has 0 saturated carbocycles. The van der Waals surface area contributed by atoms with E-state index in [1.54, 1.807) is 12.1 Å². The van der Waals surface area contributed by atoms with Crippen LogP contribution in [0, 0.1) is 0 Å². The summed E-state index contributed by atoms with van der Waals surface area (Å²) in [6.07, 6.45) is 0. The Morgan fingerprint density at radius 3 is 2.60 bits per heavy atom. The average molecular weight is 357 g/mol. The lowest BCUT2D eigenvalue weighted by Gasteiger charge is -2.19. The molecule has 0 bridgehead atoms. The Balaban J connectivity index is 1.96. The molecule has 1 heterocycles. The van der Waals surface area contributed by atoms with Gasteiger partial charge in [0.05, 0.1) is 28.3 Å². The van der Waals surface area contributed by atoms with Crippen LogP contribution < -0.4 is 5.32 Å². The summed E-state index contributed by atoms with van der Waals surface area (Å²) < 4.78 is 1.99. The molecule has 130 valence electrons. The second-order valence-corrected chi connectivity index (χ2v) is 6.68. The summed E-state index contributed by atoms with van der Waals surface area (Å²) in [5.41, 5.74) is 2.44. The molecule has 0 aliphatic rings. The number of para-hydroxylation sites is 3. The molecule has 0 aliphatic heterocycles. The molecule has 6 heteroatoms. The van der Waals surface area contributed by atoms with Gasteiger partial charge in [-0.15, -0.1) is 0 Å². The van der Waals surface area contributed by atoms with Gasteiger partial charge in [-0.1, -0.05) is 35.9 Å². The molecule has 3 rings (SSSR count). The molecule has 0 saturated heterocycles. The van der Waals surface area contributed by atoms with Crippen molar-refractivity contribution in [2.24, 2.45) is 0 Å². The summed E-state index contributed by atoms with van der Waals surface area (Å²) in [5.74, 6) is 0.726. The lowest BCUT2D eigenvalue weighted by molar-refractivity contribution is -0.118. The standard InChI is InChI=1S/C19H21ClN4O/c1-13(19(25)22-15-9-5-4-8-14(15)20)24-17-11-7-6-10-16(17)21-18(24)12-23(2)3/h4-11,13H,12H2,1-3H3,(H,22,25). The molecule has 0 aliphatic carbocycles. The number of benzene rings is 2. The zero-order valence-corrected chi connectivity index (χ0v) is 15.3. The maximum Gasteiger partial charge on any atom is 0.247 e. The summed E-state index contributed by atoms with van der Waals surface area (Å²) in [6, 6.07) is 14.7. The van der Waals surface area contributed by atoms with E-state index in [9.17, 15) is 4.79 Å². The van der Waals surface area contributed by atoms with Crippen LogP contribution in [0.15, 0.2) is 48.5 Å². The number of aromatic nitrogens is 2. The number of hydrogen-bond donors (Lipinski definition) is 1. The number of imidazole rings is 1. The number of rotatable bonds is 5. The van der Waals surface area contributed by atoms with Gasteiger partial charge < -0.3 is 14.8 Å². The molecule has 5 nitrogen and oxygen atoms in total. The van der Waals surface area contributed by atoms with Crippen LogP contribution in [0.5, 0.6) is 0 Å². The Labute approximate surface area is 152 Å². The largest absolute Gasteiger partial charge is 0.323 e. The normalized spacial score (nSPS) is 12.5. The van der Waals surface area contributed by atoms with Crippen molar-refractivity contribution in [2.75, 3.05) is 19.4 Å². The lowest BCUT2D eigenvalue weighted by atomic mass is 10.2. The predicted octanol–water partition coefficient (Wildman–Crippen LogP) is 3.95. The van der Waals surface area contributed by atoms with Crippen LogP contribution in [-0.2, 0) is 11.3 Å². The van der Waals surface area contributed by atoms with Gasteiger partial charge in [0.25, 0.3) is 0 Å². The fraction of sp³-hybridized carbons (Fsp3) is 0.263. The smallest absolute Gasteiger partial charge is 0.247 e. The Hall–Kier alpha value is -2.37. The van der Waals surface area contributed by atoms with Crippen LogP contribution in [0.25, 0.3) is 11.0 Å². The third-order valence-corrected chi connectivity index (χ3v) is 4.35. The molecule has 0 radical (unpaired) electrons. The van der Waals surface area contributed by atoms with E-state index in [1.165, 1.54) is 0 Å². The minimum absolute atomic E-state index is 0.128. The predicted molar refractivity (Wildman–Crippen MR) is 102 cm³/mol. The first-order valence-corrected chi connectivity index (χ1v) is 8.51. The van der Waals surface area contributed by atoms with E-state index in [4.69, 9.17) is 16.6 Å². The molecule has 1 unspecified atom stereocenters. The van der Waals surface area contributed by atoms with E-state index in [-0.39, 0.29) is 5.91 Å². The summed E-state index contributed by atoms with van der Waals surface area (Å²) in [6.45, 7) is 2.53. The summed E-state index contributed by atoms with van der Waals surface area (Å²) in [5, 5.41) is 3.43. The highest BCUT2D eigenvalue weighted by Crippen LogP contribution is 2.25. The van der Waals surface area contributed by atoms with Gasteiger partial charge in [-0.25, -0.2) is 4.98 Å². The van der Waals surface area contributed by atoms with Gasteiger partial charge in [0.15, 0.2) is 0 Å². The highest BCUT2D eigenvalue weighted by molar-refractivity contribution is 6.33. The number of amides is 1. The van der Waals surface area contributed by atoms with E-state index in [0.29, 0.717) is 17.3 Å². The fourth-order valence-electron chi connectivity index (χ4n) is 2.84. The van der Waals surface area contributed by atoms with Crippen molar-refractivity contribution in [3.8, 4) is 0 Å². The topological polar surface area (TPSA) is 50.2 Å².